The van der Waals surface area contributed by atoms with Gasteiger partial charge in [0, 0.05) is 5.57 Å². The van der Waals surface area contributed by atoms with Crippen molar-refractivity contribution in [2.24, 2.45) is 23.2 Å². The first-order valence-electron chi connectivity index (χ1n) is 7.95. The minimum absolute atomic E-state index is 0.124. The van der Waals surface area contributed by atoms with E-state index in [0.717, 1.165) is 19.3 Å². The van der Waals surface area contributed by atoms with Gasteiger partial charge in [0.15, 0.2) is 0 Å². The van der Waals surface area contributed by atoms with E-state index in [1.807, 2.05) is 13.8 Å². The Labute approximate surface area is 124 Å². The summed E-state index contributed by atoms with van der Waals surface area (Å²) in [4.78, 5) is 11.2. The fraction of sp³-hybridized carbons (Fsp3) is 0.722. The lowest BCUT2D eigenvalue weighted by atomic mass is 9.53. The number of aliphatic carboxylic acids is 1. The molecule has 2 nitrogen and oxygen atoms in total. The summed E-state index contributed by atoms with van der Waals surface area (Å²) >= 11 is 0. The second-order valence-electron chi connectivity index (χ2n) is 6.46. The molecule has 2 aliphatic carbocycles. The number of hydrogen-bond donors (Lipinski definition) is 1. The first-order chi connectivity index (χ1) is 9.36. The van der Waals surface area contributed by atoms with Crippen molar-refractivity contribution in [3.8, 4) is 0 Å². The number of carboxylic acid groups (broad SMARTS) is 1. The standard InChI is InChI=1S/C16H24O2.C2H6/c1-10-7-8-16(4)11(2)5-6-13(14(16)9-10)12(3)15(17)18;1-2/h9,11,13-14H,3,5-8H2,1-2,4H3,(H,17,18);1-2H3/t11-,13?,14-,16+;/m1./s1. The lowest BCUT2D eigenvalue weighted by Crippen LogP contribution is -2.44. The third-order valence-corrected chi connectivity index (χ3v) is 5.48. The third kappa shape index (κ3) is 2.99. The maximum Gasteiger partial charge on any atom is 0.331 e. The zero-order chi connectivity index (χ0) is 15.5. The van der Waals surface area contributed by atoms with Gasteiger partial charge in [0.05, 0.1) is 0 Å². The Morgan fingerprint density at radius 3 is 2.55 bits per heavy atom. The van der Waals surface area contributed by atoms with Crippen LogP contribution in [0.15, 0.2) is 23.8 Å². The average Bonchev–Trinajstić information content (AvgIpc) is 2.43. The summed E-state index contributed by atoms with van der Waals surface area (Å²) in [5, 5.41) is 9.22. The van der Waals surface area contributed by atoms with Crippen LogP contribution in [0, 0.1) is 23.2 Å². The van der Waals surface area contributed by atoms with Crippen LogP contribution < -0.4 is 0 Å². The predicted octanol–water partition coefficient (Wildman–Crippen LogP) is 5.06. The van der Waals surface area contributed by atoms with Crippen LogP contribution >= 0.6 is 0 Å². The van der Waals surface area contributed by atoms with E-state index in [-0.39, 0.29) is 11.3 Å². The normalized spacial score (nSPS) is 36.0. The van der Waals surface area contributed by atoms with Crippen LogP contribution in [-0.4, -0.2) is 11.1 Å². The monoisotopic (exact) mass is 278 g/mol. The molecule has 1 N–H and O–H groups in total. The van der Waals surface area contributed by atoms with E-state index in [4.69, 9.17) is 0 Å². The number of carboxylic acids is 1. The van der Waals surface area contributed by atoms with Crippen LogP contribution in [0.4, 0.5) is 0 Å². The lowest BCUT2D eigenvalue weighted by Gasteiger charge is -2.52. The number of fused-ring (bicyclic) bond motifs is 1. The largest absolute Gasteiger partial charge is 0.478 e. The topological polar surface area (TPSA) is 37.3 Å². The van der Waals surface area contributed by atoms with Gasteiger partial charge in [0.2, 0.25) is 0 Å². The van der Waals surface area contributed by atoms with E-state index >= 15 is 0 Å². The summed E-state index contributed by atoms with van der Waals surface area (Å²) in [6.45, 7) is 14.6. The van der Waals surface area contributed by atoms with Crippen LogP contribution in [-0.2, 0) is 4.79 Å². The molecule has 0 aromatic heterocycles. The van der Waals surface area contributed by atoms with Crippen molar-refractivity contribution in [1.82, 2.24) is 0 Å². The predicted molar refractivity (Wildman–Crippen MR) is 84.6 cm³/mol. The van der Waals surface area contributed by atoms with Crippen LogP contribution in [0.3, 0.4) is 0 Å². The summed E-state index contributed by atoms with van der Waals surface area (Å²) in [5.41, 5.74) is 2.07. The van der Waals surface area contributed by atoms with Gasteiger partial charge < -0.3 is 5.11 Å². The summed E-state index contributed by atoms with van der Waals surface area (Å²) in [5.74, 6) is 0.329. The molecule has 0 aliphatic heterocycles. The molecule has 2 aliphatic rings. The lowest BCUT2D eigenvalue weighted by molar-refractivity contribution is -0.134. The van der Waals surface area contributed by atoms with E-state index in [1.165, 1.54) is 12.0 Å². The number of allylic oxidation sites excluding steroid dienone is 2. The Balaban J connectivity index is 0.000000956. The Morgan fingerprint density at radius 2 is 2.00 bits per heavy atom. The average molecular weight is 278 g/mol. The van der Waals surface area contributed by atoms with Crippen LogP contribution in [0.2, 0.25) is 0 Å². The van der Waals surface area contributed by atoms with Gasteiger partial charge in [-0.1, -0.05) is 45.9 Å². The molecule has 2 heteroatoms. The van der Waals surface area contributed by atoms with E-state index < -0.39 is 5.97 Å². The van der Waals surface area contributed by atoms with E-state index in [1.54, 1.807) is 0 Å². The van der Waals surface area contributed by atoms with Crippen molar-refractivity contribution in [2.75, 3.05) is 0 Å². The van der Waals surface area contributed by atoms with Crippen molar-refractivity contribution in [1.29, 1.82) is 0 Å². The van der Waals surface area contributed by atoms with Gasteiger partial charge in [-0.15, -0.1) is 0 Å². The molecule has 0 heterocycles. The van der Waals surface area contributed by atoms with Crippen molar-refractivity contribution in [3.05, 3.63) is 23.8 Å². The molecule has 0 aromatic rings. The van der Waals surface area contributed by atoms with Crippen molar-refractivity contribution < 1.29 is 9.90 Å². The second-order valence-corrected chi connectivity index (χ2v) is 6.46. The summed E-state index contributed by atoms with van der Waals surface area (Å²) < 4.78 is 0. The molecular formula is C18H30O2. The highest BCUT2D eigenvalue weighted by molar-refractivity contribution is 5.86. The van der Waals surface area contributed by atoms with Crippen LogP contribution in [0.25, 0.3) is 0 Å². The minimum atomic E-state index is -0.825. The van der Waals surface area contributed by atoms with E-state index in [2.05, 4.69) is 33.4 Å². The minimum Gasteiger partial charge on any atom is -0.478 e. The molecule has 20 heavy (non-hydrogen) atoms. The highest BCUT2D eigenvalue weighted by atomic mass is 16.4. The molecule has 0 spiro atoms. The van der Waals surface area contributed by atoms with Crippen molar-refractivity contribution >= 4 is 5.97 Å². The zero-order valence-electron chi connectivity index (χ0n) is 13.7. The molecule has 114 valence electrons. The zero-order valence-corrected chi connectivity index (χ0v) is 13.7. The third-order valence-electron chi connectivity index (χ3n) is 5.48. The summed E-state index contributed by atoms with van der Waals surface area (Å²) in [7, 11) is 0. The molecule has 0 bridgehead atoms. The quantitative estimate of drug-likeness (QED) is 0.566. The first kappa shape index (κ1) is 17.0. The van der Waals surface area contributed by atoms with Crippen molar-refractivity contribution in [3.63, 3.8) is 0 Å². The smallest absolute Gasteiger partial charge is 0.331 e. The maximum absolute atomic E-state index is 11.2. The van der Waals surface area contributed by atoms with E-state index in [9.17, 15) is 9.90 Å². The Bertz CT molecular complexity index is 408. The highest BCUT2D eigenvalue weighted by Crippen LogP contribution is 2.55. The van der Waals surface area contributed by atoms with Gasteiger partial charge >= 0.3 is 5.97 Å². The van der Waals surface area contributed by atoms with Crippen LogP contribution in [0.1, 0.15) is 60.3 Å². The molecule has 0 amide bonds. The Morgan fingerprint density at radius 1 is 1.40 bits per heavy atom. The van der Waals surface area contributed by atoms with Gasteiger partial charge in [-0.2, -0.15) is 0 Å². The molecule has 1 saturated carbocycles. The highest BCUT2D eigenvalue weighted by Gasteiger charge is 2.48. The summed E-state index contributed by atoms with van der Waals surface area (Å²) in [6, 6.07) is 0. The maximum atomic E-state index is 11.2. The molecule has 0 aromatic carbocycles. The van der Waals surface area contributed by atoms with E-state index in [0.29, 0.717) is 17.4 Å². The fourth-order valence-corrected chi connectivity index (χ4v) is 3.85. The second kappa shape index (κ2) is 6.60. The molecule has 4 atom stereocenters. The number of hydrogen-bond acceptors (Lipinski definition) is 1. The van der Waals surface area contributed by atoms with Crippen molar-refractivity contribution in [2.45, 2.75) is 60.3 Å². The molecule has 1 unspecified atom stereocenters. The number of rotatable bonds is 2. The van der Waals surface area contributed by atoms with Gasteiger partial charge in [-0.3, -0.25) is 0 Å². The Hall–Kier alpha value is -1.05. The van der Waals surface area contributed by atoms with Gasteiger partial charge in [0.1, 0.15) is 0 Å². The van der Waals surface area contributed by atoms with Gasteiger partial charge in [0.25, 0.3) is 0 Å². The summed E-state index contributed by atoms with van der Waals surface area (Å²) in [6.07, 6.45) is 6.76. The number of carbonyl (C=O) groups is 1. The molecule has 1 fully saturated rings. The molecular weight excluding hydrogens is 248 g/mol. The van der Waals surface area contributed by atoms with Gasteiger partial charge in [-0.05, 0) is 55.8 Å². The van der Waals surface area contributed by atoms with Crippen LogP contribution in [0.5, 0.6) is 0 Å². The molecule has 0 radical (unpaired) electrons. The Kier molecular flexibility index (Phi) is 5.61. The molecule has 0 saturated heterocycles. The first-order valence-corrected chi connectivity index (χ1v) is 7.95. The fourth-order valence-electron chi connectivity index (χ4n) is 3.85. The SMILES string of the molecule is C=C(C(=O)O)C1CC[C@@H](C)[C@]2(C)CCC(C)=C[C@H]12.CC. The van der Waals surface area contributed by atoms with Gasteiger partial charge in [-0.25, -0.2) is 4.79 Å². The molecule has 2 rings (SSSR count).